The Labute approximate surface area is 83.9 Å². The van der Waals surface area contributed by atoms with Gasteiger partial charge in [-0.05, 0) is 39.0 Å². The first-order valence-electron chi connectivity index (χ1n) is 5.13. The van der Waals surface area contributed by atoms with Crippen LogP contribution >= 0.6 is 0 Å². The predicted molar refractivity (Wildman–Crippen MR) is 54.0 cm³/mol. The lowest BCUT2D eigenvalue weighted by molar-refractivity contribution is 0.253. The molecule has 0 unspecified atom stereocenters. The molecule has 0 amide bonds. The number of likely N-dealkylation sites (tertiary alicyclic amines) is 1. The summed E-state index contributed by atoms with van der Waals surface area (Å²) in [6.45, 7) is 2.34. The topological polar surface area (TPSA) is 52.1 Å². The summed E-state index contributed by atoms with van der Waals surface area (Å²) in [6, 6.07) is 1.98. The van der Waals surface area contributed by atoms with Gasteiger partial charge in [-0.25, -0.2) is 0 Å². The van der Waals surface area contributed by atoms with Gasteiger partial charge < -0.3 is 10.0 Å². The Kier molecular flexibility index (Phi) is 2.84. The van der Waals surface area contributed by atoms with Gasteiger partial charge in [-0.15, -0.1) is 0 Å². The third-order valence-electron chi connectivity index (χ3n) is 2.96. The molecule has 1 aliphatic rings. The predicted octanol–water partition coefficient (Wildman–Crippen LogP) is 0.711. The average molecular weight is 195 g/mol. The summed E-state index contributed by atoms with van der Waals surface area (Å²) in [4.78, 5) is 2.34. The number of H-pyrrole nitrogens is 1. The lowest BCUT2D eigenvalue weighted by Gasteiger charge is -2.27. The fourth-order valence-corrected chi connectivity index (χ4v) is 1.97. The Hall–Kier alpha value is -0.870. The summed E-state index contributed by atoms with van der Waals surface area (Å²) in [5, 5.41) is 16.0. The largest absolute Gasteiger partial charge is 0.390 e. The minimum Gasteiger partial charge on any atom is -0.390 e. The number of nitrogens with zero attached hydrogens (tertiary/aromatic N) is 2. The van der Waals surface area contributed by atoms with Crippen LogP contribution in [0.15, 0.2) is 6.07 Å². The molecule has 2 heterocycles. The molecule has 4 heteroatoms. The van der Waals surface area contributed by atoms with Gasteiger partial charge in [-0.3, -0.25) is 5.10 Å². The molecule has 1 fully saturated rings. The van der Waals surface area contributed by atoms with Crippen molar-refractivity contribution in [2.45, 2.75) is 25.4 Å². The van der Waals surface area contributed by atoms with E-state index in [4.69, 9.17) is 5.11 Å². The summed E-state index contributed by atoms with van der Waals surface area (Å²) >= 11 is 0. The van der Waals surface area contributed by atoms with E-state index in [1.165, 1.54) is 12.8 Å². The van der Waals surface area contributed by atoms with Crippen molar-refractivity contribution in [2.24, 2.45) is 0 Å². The van der Waals surface area contributed by atoms with Crippen molar-refractivity contribution >= 4 is 0 Å². The summed E-state index contributed by atoms with van der Waals surface area (Å²) < 4.78 is 0. The van der Waals surface area contributed by atoms with E-state index in [1.54, 1.807) is 0 Å². The van der Waals surface area contributed by atoms with Crippen molar-refractivity contribution in [1.29, 1.82) is 0 Å². The third-order valence-corrected chi connectivity index (χ3v) is 2.96. The number of aromatic nitrogens is 2. The maximum atomic E-state index is 8.91. The van der Waals surface area contributed by atoms with E-state index in [9.17, 15) is 0 Å². The third kappa shape index (κ3) is 1.96. The molecule has 0 bridgehead atoms. The van der Waals surface area contributed by atoms with Crippen LogP contribution in [0.4, 0.5) is 0 Å². The van der Waals surface area contributed by atoms with Gasteiger partial charge in [0.25, 0.3) is 0 Å². The van der Waals surface area contributed by atoms with Crippen molar-refractivity contribution in [2.75, 3.05) is 20.1 Å². The summed E-state index contributed by atoms with van der Waals surface area (Å²) in [6.07, 6.45) is 2.35. The first kappa shape index (κ1) is 9.68. The van der Waals surface area contributed by atoms with E-state index in [1.807, 2.05) is 6.07 Å². The number of hydrogen-bond donors (Lipinski definition) is 2. The van der Waals surface area contributed by atoms with Crippen LogP contribution in [0, 0.1) is 0 Å². The maximum absolute atomic E-state index is 8.91. The van der Waals surface area contributed by atoms with Crippen LogP contribution in [-0.2, 0) is 6.61 Å². The normalized spacial score (nSPS) is 20.1. The van der Waals surface area contributed by atoms with Crippen molar-refractivity contribution in [3.8, 4) is 0 Å². The van der Waals surface area contributed by atoms with Gasteiger partial charge in [0.1, 0.15) is 0 Å². The second-order valence-corrected chi connectivity index (χ2v) is 4.05. The molecule has 0 atom stereocenters. The Morgan fingerprint density at radius 1 is 1.57 bits per heavy atom. The fourth-order valence-electron chi connectivity index (χ4n) is 1.97. The highest BCUT2D eigenvalue weighted by molar-refractivity contribution is 5.13. The number of hydrogen-bond acceptors (Lipinski definition) is 3. The highest BCUT2D eigenvalue weighted by Gasteiger charge is 2.20. The maximum Gasteiger partial charge on any atom is 0.0847 e. The van der Waals surface area contributed by atoms with Gasteiger partial charge in [0.2, 0.25) is 0 Å². The number of piperidine rings is 1. The zero-order chi connectivity index (χ0) is 9.97. The number of rotatable bonds is 2. The Bertz CT molecular complexity index is 289. The molecular weight excluding hydrogens is 178 g/mol. The van der Waals surface area contributed by atoms with Crippen molar-refractivity contribution in [3.63, 3.8) is 0 Å². The lowest BCUT2D eigenvalue weighted by atomic mass is 9.94. The number of aliphatic hydroxyl groups excluding tert-OH is 1. The van der Waals surface area contributed by atoms with Crippen LogP contribution in [0.3, 0.4) is 0 Å². The van der Waals surface area contributed by atoms with Gasteiger partial charge in [0.15, 0.2) is 0 Å². The molecule has 0 saturated carbocycles. The highest BCUT2D eigenvalue weighted by Crippen LogP contribution is 2.26. The second-order valence-electron chi connectivity index (χ2n) is 4.05. The standard InChI is InChI=1S/C10H17N3O/c1-13-4-2-8(3-5-13)10-6-9(7-14)11-12-10/h6,8,14H,2-5,7H2,1H3,(H,11,12). The van der Waals surface area contributed by atoms with Crippen LogP contribution in [0.2, 0.25) is 0 Å². The molecule has 2 rings (SSSR count). The smallest absolute Gasteiger partial charge is 0.0847 e. The molecule has 78 valence electrons. The van der Waals surface area contributed by atoms with Crippen LogP contribution in [0.1, 0.15) is 30.1 Å². The van der Waals surface area contributed by atoms with Gasteiger partial charge in [0, 0.05) is 5.92 Å². The lowest BCUT2D eigenvalue weighted by Crippen LogP contribution is -2.29. The van der Waals surface area contributed by atoms with Crippen LogP contribution < -0.4 is 0 Å². The van der Waals surface area contributed by atoms with E-state index in [2.05, 4.69) is 22.1 Å². The summed E-state index contributed by atoms with van der Waals surface area (Å²) in [5.74, 6) is 0.572. The molecule has 14 heavy (non-hydrogen) atoms. The number of nitrogens with one attached hydrogen (secondary N) is 1. The molecular formula is C10H17N3O. The van der Waals surface area contributed by atoms with Gasteiger partial charge in [0.05, 0.1) is 18.0 Å². The van der Waals surface area contributed by atoms with Crippen molar-refractivity contribution in [1.82, 2.24) is 15.1 Å². The minimum atomic E-state index is 0.0552. The molecule has 1 saturated heterocycles. The summed E-state index contributed by atoms with van der Waals surface area (Å²) in [5.41, 5.74) is 1.93. The molecule has 4 nitrogen and oxygen atoms in total. The van der Waals surface area contributed by atoms with Crippen LogP contribution in [0.5, 0.6) is 0 Å². The molecule has 0 aromatic carbocycles. The van der Waals surface area contributed by atoms with Gasteiger partial charge >= 0.3 is 0 Å². The number of aliphatic hydroxyl groups is 1. The number of aromatic amines is 1. The van der Waals surface area contributed by atoms with Gasteiger partial charge in [-0.2, -0.15) is 5.10 Å². The molecule has 1 aliphatic heterocycles. The first-order valence-corrected chi connectivity index (χ1v) is 5.13. The van der Waals surface area contributed by atoms with E-state index < -0.39 is 0 Å². The van der Waals surface area contributed by atoms with Gasteiger partial charge in [-0.1, -0.05) is 0 Å². The zero-order valence-corrected chi connectivity index (χ0v) is 8.53. The highest BCUT2D eigenvalue weighted by atomic mass is 16.3. The second kappa shape index (κ2) is 4.11. The Morgan fingerprint density at radius 2 is 2.29 bits per heavy atom. The van der Waals surface area contributed by atoms with E-state index in [0.717, 1.165) is 24.5 Å². The molecule has 2 N–H and O–H groups in total. The van der Waals surface area contributed by atoms with E-state index >= 15 is 0 Å². The fraction of sp³-hybridized carbons (Fsp3) is 0.700. The van der Waals surface area contributed by atoms with Crippen molar-refractivity contribution < 1.29 is 5.11 Å². The Morgan fingerprint density at radius 3 is 2.86 bits per heavy atom. The molecule has 0 aliphatic carbocycles. The molecule has 0 radical (unpaired) electrons. The zero-order valence-electron chi connectivity index (χ0n) is 8.53. The first-order chi connectivity index (χ1) is 6.79. The quantitative estimate of drug-likeness (QED) is 0.730. The SMILES string of the molecule is CN1CCC(c2cc(CO)[nH]n2)CC1. The van der Waals surface area contributed by atoms with Crippen LogP contribution in [-0.4, -0.2) is 40.3 Å². The summed E-state index contributed by atoms with van der Waals surface area (Å²) in [7, 11) is 2.15. The Balaban J connectivity index is 2.01. The van der Waals surface area contributed by atoms with Crippen LogP contribution in [0.25, 0.3) is 0 Å². The monoisotopic (exact) mass is 195 g/mol. The minimum absolute atomic E-state index is 0.0552. The average Bonchev–Trinajstić information content (AvgIpc) is 2.67. The molecule has 1 aromatic heterocycles. The van der Waals surface area contributed by atoms with Crippen molar-refractivity contribution in [3.05, 3.63) is 17.5 Å². The molecule has 0 spiro atoms. The van der Waals surface area contributed by atoms with E-state index in [-0.39, 0.29) is 6.61 Å². The molecule has 1 aromatic rings. The van der Waals surface area contributed by atoms with E-state index in [0.29, 0.717) is 5.92 Å².